The number of nitrogens with one attached hydrogen (secondary N) is 1. The van der Waals surface area contributed by atoms with Crippen molar-refractivity contribution in [1.29, 1.82) is 0 Å². The van der Waals surface area contributed by atoms with E-state index in [1.807, 2.05) is 19.1 Å². The van der Waals surface area contributed by atoms with Crippen LogP contribution in [0, 0.1) is 27.7 Å². The zero-order valence-corrected chi connectivity index (χ0v) is 14.3. The van der Waals surface area contributed by atoms with Crippen LogP contribution < -0.4 is 4.72 Å². The molecule has 0 aromatic heterocycles. The number of hydrogen-bond donors (Lipinski definition) is 2. The highest BCUT2D eigenvalue weighted by atomic mass is 32.2. The molecule has 0 aliphatic rings. The van der Waals surface area contributed by atoms with Gasteiger partial charge in [-0.25, -0.2) is 13.2 Å². The van der Waals surface area contributed by atoms with Gasteiger partial charge in [-0.3, -0.25) is 4.72 Å². The first-order chi connectivity index (χ1) is 10.6. The van der Waals surface area contributed by atoms with Gasteiger partial charge in [0, 0.05) is 0 Å². The number of carboxylic acids is 1. The van der Waals surface area contributed by atoms with Crippen molar-refractivity contribution in [2.75, 3.05) is 4.72 Å². The molecule has 0 radical (unpaired) electrons. The maximum atomic E-state index is 12.7. The number of sulfonamides is 1. The Bertz CT molecular complexity index is 862. The van der Waals surface area contributed by atoms with Crippen LogP contribution in [0.15, 0.2) is 35.2 Å². The third-order valence-electron chi connectivity index (χ3n) is 3.60. The molecule has 2 aromatic rings. The monoisotopic (exact) mass is 333 g/mol. The van der Waals surface area contributed by atoms with Crippen LogP contribution in [0.4, 0.5) is 5.69 Å². The summed E-state index contributed by atoms with van der Waals surface area (Å²) in [5.41, 5.74) is 3.25. The predicted molar refractivity (Wildman–Crippen MR) is 89.6 cm³/mol. The minimum absolute atomic E-state index is 0.0330. The summed E-state index contributed by atoms with van der Waals surface area (Å²) >= 11 is 0. The van der Waals surface area contributed by atoms with Gasteiger partial charge in [-0.1, -0.05) is 23.8 Å². The lowest BCUT2D eigenvalue weighted by atomic mass is 10.1. The number of benzene rings is 2. The number of aromatic carboxylic acids is 1. The Morgan fingerprint density at radius 1 is 0.957 bits per heavy atom. The fraction of sp³-hybridized carbons (Fsp3) is 0.235. The quantitative estimate of drug-likeness (QED) is 0.898. The van der Waals surface area contributed by atoms with E-state index in [0.29, 0.717) is 16.7 Å². The summed E-state index contributed by atoms with van der Waals surface area (Å²) in [5, 5.41) is 9.06. The summed E-state index contributed by atoms with van der Waals surface area (Å²) in [4.78, 5) is 11.3. The second kappa shape index (κ2) is 6.04. The summed E-state index contributed by atoms with van der Waals surface area (Å²) in [5.74, 6) is -1.10. The van der Waals surface area contributed by atoms with Gasteiger partial charge in [0.05, 0.1) is 16.1 Å². The van der Waals surface area contributed by atoms with E-state index < -0.39 is 16.0 Å². The van der Waals surface area contributed by atoms with Crippen molar-refractivity contribution >= 4 is 21.7 Å². The lowest BCUT2D eigenvalue weighted by molar-refractivity contribution is 0.0697. The van der Waals surface area contributed by atoms with Crippen molar-refractivity contribution in [3.63, 3.8) is 0 Å². The fourth-order valence-electron chi connectivity index (χ4n) is 2.65. The van der Waals surface area contributed by atoms with E-state index in [0.717, 1.165) is 5.56 Å². The van der Waals surface area contributed by atoms with Crippen LogP contribution in [0.1, 0.15) is 32.6 Å². The fourth-order valence-corrected chi connectivity index (χ4v) is 4.23. The Balaban J connectivity index is 2.52. The molecule has 0 aliphatic heterocycles. The maximum Gasteiger partial charge on any atom is 0.335 e. The van der Waals surface area contributed by atoms with Gasteiger partial charge < -0.3 is 5.11 Å². The first-order valence-electron chi connectivity index (χ1n) is 7.06. The van der Waals surface area contributed by atoms with E-state index in [1.165, 1.54) is 12.1 Å². The highest BCUT2D eigenvalue weighted by Crippen LogP contribution is 2.26. The molecule has 0 saturated carbocycles. The summed E-state index contributed by atoms with van der Waals surface area (Å²) in [6.45, 7) is 7.12. The number of rotatable bonds is 4. The maximum absolute atomic E-state index is 12.7. The van der Waals surface area contributed by atoms with Gasteiger partial charge in [-0.2, -0.15) is 0 Å². The first-order valence-corrected chi connectivity index (χ1v) is 8.55. The Morgan fingerprint density at radius 3 is 2.04 bits per heavy atom. The molecule has 0 spiro atoms. The molecule has 0 heterocycles. The topological polar surface area (TPSA) is 83.5 Å². The number of hydrogen-bond acceptors (Lipinski definition) is 3. The van der Waals surface area contributed by atoms with E-state index in [2.05, 4.69) is 4.72 Å². The Labute approximate surface area is 136 Å². The first kappa shape index (κ1) is 17.0. The molecule has 2 aromatic carbocycles. The van der Waals surface area contributed by atoms with Crippen LogP contribution in [-0.4, -0.2) is 19.5 Å². The van der Waals surface area contributed by atoms with E-state index in [-0.39, 0.29) is 16.1 Å². The van der Waals surface area contributed by atoms with Crippen LogP contribution in [-0.2, 0) is 10.0 Å². The molecule has 0 bridgehead atoms. The van der Waals surface area contributed by atoms with Crippen molar-refractivity contribution in [2.24, 2.45) is 0 Å². The van der Waals surface area contributed by atoms with Gasteiger partial charge in [0.1, 0.15) is 0 Å². The second-order valence-electron chi connectivity index (χ2n) is 5.67. The minimum Gasteiger partial charge on any atom is -0.478 e. The van der Waals surface area contributed by atoms with Crippen molar-refractivity contribution in [3.05, 3.63) is 58.1 Å². The summed E-state index contributed by atoms with van der Waals surface area (Å²) in [6, 6.07) is 7.96. The van der Waals surface area contributed by atoms with Gasteiger partial charge in [0.2, 0.25) is 0 Å². The van der Waals surface area contributed by atoms with Gasteiger partial charge in [-0.05, 0) is 56.5 Å². The van der Waals surface area contributed by atoms with E-state index in [1.54, 1.807) is 26.8 Å². The number of carboxylic acid groups (broad SMARTS) is 1. The molecule has 0 fully saturated rings. The summed E-state index contributed by atoms with van der Waals surface area (Å²) in [6.07, 6.45) is 0. The molecule has 2 N–H and O–H groups in total. The van der Waals surface area contributed by atoms with Crippen LogP contribution >= 0.6 is 0 Å². The molecular weight excluding hydrogens is 314 g/mol. The van der Waals surface area contributed by atoms with Crippen molar-refractivity contribution in [2.45, 2.75) is 32.6 Å². The van der Waals surface area contributed by atoms with E-state index in [9.17, 15) is 13.2 Å². The Hall–Kier alpha value is -2.34. The van der Waals surface area contributed by atoms with Crippen LogP contribution in [0.25, 0.3) is 0 Å². The third kappa shape index (κ3) is 3.53. The van der Waals surface area contributed by atoms with E-state index in [4.69, 9.17) is 5.11 Å². The smallest absolute Gasteiger partial charge is 0.335 e. The van der Waals surface area contributed by atoms with Gasteiger partial charge in [-0.15, -0.1) is 0 Å². The van der Waals surface area contributed by atoms with Crippen molar-refractivity contribution in [3.8, 4) is 0 Å². The Morgan fingerprint density at radius 2 is 1.52 bits per heavy atom. The minimum atomic E-state index is -3.80. The average Bonchev–Trinajstić information content (AvgIpc) is 2.39. The van der Waals surface area contributed by atoms with Crippen molar-refractivity contribution in [1.82, 2.24) is 0 Å². The molecule has 0 atom stereocenters. The lowest BCUT2D eigenvalue weighted by Gasteiger charge is -2.15. The largest absolute Gasteiger partial charge is 0.478 e. The highest BCUT2D eigenvalue weighted by molar-refractivity contribution is 7.92. The van der Waals surface area contributed by atoms with Gasteiger partial charge in [0.15, 0.2) is 0 Å². The summed E-state index contributed by atoms with van der Waals surface area (Å²) < 4.78 is 28.0. The highest BCUT2D eigenvalue weighted by Gasteiger charge is 2.21. The van der Waals surface area contributed by atoms with E-state index >= 15 is 0 Å². The predicted octanol–water partition coefficient (Wildman–Crippen LogP) is 3.42. The average molecular weight is 333 g/mol. The standard InChI is InChI=1S/C17H19NO4S/c1-10-7-12(3)16(13(4)8-10)23(21,22)18-15-9-14(17(19)20)6-5-11(15)2/h5-9,18H,1-4H3,(H,19,20). The molecule has 122 valence electrons. The van der Waals surface area contributed by atoms with Crippen LogP contribution in [0.3, 0.4) is 0 Å². The Kier molecular flexibility index (Phi) is 4.47. The van der Waals surface area contributed by atoms with Gasteiger partial charge in [0.25, 0.3) is 10.0 Å². The molecule has 2 rings (SSSR count). The number of carbonyl (C=O) groups is 1. The second-order valence-corrected chi connectivity index (χ2v) is 7.29. The molecule has 6 heteroatoms. The molecule has 0 aliphatic carbocycles. The molecule has 0 unspecified atom stereocenters. The lowest BCUT2D eigenvalue weighted by Crippen LogP contribution is -2.17. The number of aryl methyl sites for hydroxylation is 4. The van der Waals surface area contributed by atoms with Crippen LogP contribution in [0.5, 0.6) is 0 Å². The molecule has 23 heavy (non-hydrogen) atoms. The number of anilines is 1. The molecule has 0 saturated heterocycles. The zero-order chi connectivity index (χ0) is 17.4. The van der Waals surface area contributed by atoms with Crippen molar-refractivity contribution < 1.29 is 18.3 Å². The van der Waals surface area contributed by atoms with Crippen LogP contribution in [0.2, 0.25) is 0 Å². The normalized spacial score (nSPS) is 11.3. The summed E-state index contributed by atoms with van der Waals surface area (Å²) in [7, 11) is -3.80. The zero-order valence-electron chi connectivity index (χ0n) is 13.5. The molecule has 0 amide bonds. The SMILES string of the molecule is Cc1cc(C)c(S(=O)(=O)Nc2cc(C(=O)O)ccc2C)c(C)c1. The molecule has 5 nitrogen and oxygen atoms in total. The van der Waals surface area contributed by atoms with Gasteiger partial charge >= 0.3 is 5.97 Å². The third-order valence-corrected chi connectivity index (χ3v) is 5.27. The molecular formula is C17H19NO4S.